The van der Waals surface area contributed by atoms with Crippen LogP contribution in [0, 0.1) is 5.92 Å². The Balaban J connectivity index is 2.18. The van der Waals surface area contributed by atoms with E-state index in [0.29, 0.717) is 28.3 Å². The highest BCUT2D eigenvalue weighted by atomic mass is 35.5. The van der Waals surface area contributed by atoms with Crippen molar-refractivity contribution < 1.29 is 14.9 Å². The van der Waals surface area contributed by atoms with E-state index in [0.717, 1.165) is 19.4 Å². The van der Waals surface area contributed by atoms with Gasteiger partial charge in [0.25, 0.3) is 0 Å². The lowest BCUT2D eigenvalue weighted by atomic mass is 10.1. The normalized spacial score (nSPS) is 14.0. The largest absolute Gasteiger partial charge is 0.488 e. The molecule has 4 nitrogen and oxygen atoms in total. The van der Waals surface area contributed by atoms with Crippen LogP contribution in [0.15, 0.2) is 18.2 Å². The van der Waals surface area contributed by atoms with Crippen LogP contribution in [0.4, 0.5) is 0 Å². The third-order valence-electron chi connectivity index (χ3n) is 3.08. The first-order valence-electron chi connectivity index (χ1n) is 7.11. The van der Waals surface area contributed by atoms with Gasteiger partial charge in [-0.2, -0.15) is 0 Å². The molecule has 0 radical (unpaired) electrons. The molecule has 3 N–H and O–H groups in total. The van der Waals surface area contributed by atoms with Crippen molar-refractivity contribution >= 4 is 23.2 Å². The zero-order valence-corrected chi connectivity index (χ0v) is 13.7. The first kappa shape index (κ1) is 18.5. The second kappa shape index (κ2) is 10.2. The summed E-state index contributed by atoms with van der Waals surface area (Å²) in [6.07, 6.45) is 1.30. The number of para-hydroxylation sites is 1. The van der Waals surface area contributed by atoms with Crippen LogP contribution in [0.1, 0.15) is 19.8 Å². The molecule has 21 heavy (non-hydrogen) atoms. The van der Waals surface area contributed by atoms with Gasteiger partial charge in [0.1, 0.15) is 12.7 Å². The lowest BCUT2D eigenvalue weighted by Gasteiger charge is -2.15. The summed E-state index contributed by atoms with van der Waals surface area (Å²) in [5.41, 5.74) is 0. The molecule has 1 rings (SSSR count). The molecule has 2 unspecified atom stereocenters. The number of ether oxygens (including phenoxy) is 1. The quantitative estimate of drug-likeness (QED) is 0.575. The monoisotopic (exact) mass is 335 g/mol. The van der Waals surface area contributed by atoms with Gasteiger partial charge in [0.2, 0.25) is 0 Å². The Labute approximate surface area is 136 Å². The zero-order valence-electron chi connectivity index (χ0n) is 12.2. The minimum Gasteiger partial charge on any atom is -0.488 e. The molecular weight excluding hydrogens is 313 g/mol. The molecule has 0 aliphatic carbocycles. The summed E-state index contributed by atoms with van der Waals surface area (Å²) >= 11 is 11.9. The Hall–Kier alpha value is -0.520. The van der Waals surface area contributed by atoms with Gasteiger partial charge in [-0.25, -0.2) is 0 Å². The van der Waals surface area contributed by atoms with Crippen molar-refractivity contribution in [1.82, 2.24) is 5.32 Å². The van der Waals surface area contributed by atoms with Gasteiger partial charge in [0.05, 0.1) is 10.0 Å². The molecule has 0 aliphatic rings. The van der Waals surface area contributed by atoms with E-state index < -0.39 is 6.10 Å². The maximum Gasteiger partial charge on any atom is 0.156 e. The van der Waals surface area contributed by atoms with Crippen molar-refractivity contribution in [1.29, 1.82) is 0 Å². The van der Waals surface area contributed by atoms with E-state index in [2.05, 4.69) is 5.32 Å². The third kappa shape index (κ3) is 7.34. The fourth-order valence-electron chi connectivity index (χ4n) is 1.79. The van der Waals surface area contributed by atoms with Gasteiger partial charge in [-0.15, -0.1) is 0 Å². The van der Waals surface area contributed by atoms with E-state index >= 15 is 0 Å². The van der Waals surface area contributed by atoms with Crippen LogP contribution in [0.2, 0.25) is 10.0 Å². The predicted molar refractivity (Wildman–Crippen MR) is 86.3 cm³/mol. The van der Waals surface area contributed by atoms with E-state index in [-0.39, 0.29) is 13.2 Å². The summed E-state index contributed by atoms with van der Waals surface area (Å²) < 4.78 is 5.46. The number of rotatable bonds is 10. The molecule has 0 saturated heterocycles. The fourth-order valence-corrected chi connectivity index (χ4v) is 2.30. The maximum atomic E-state index is 9.83. The van der Waals surface area contributed by atoms with Crippen LogP contribution in [0.5, 0.6) is 5.75 Å². The summed E-state index contributed by atoms with van der Waals surface area (Å²) in [5.74, 6) is 0.721. The molecule has 1 aromatic rings. The second-order valence-corrected chi connectivity index (χ2v) is 5.96. The Morgan fingerprint density at radius 3 is 2.57 bits per heavy atom. The van der Waals surface area contributed by atoms with Crippen molar-refractivity contribution in [2.45, 2.75) is 25.9 Å². The number of aliphatic hydroxyl groups excluding tert-OH is 2. The predicted octanol–water partition coefficient (Wildman–Crippen LogP) is 2.73. The van der Waals surface area contributed by atoms with Crippen molar-refractivity contribution in [2.75, 3.05) is 26.3 Å². The summed E-state index contributed by atoms with van der Waals surface area (Å²) in [5, 5.41) is 22.8. The smallest absolute Gasteiger partial charge is 0.156 e. The number of benzene rings is 1. The van der Waals surface area contributed by atoms with Crippen molar-refractivity contribution in [3.8, 4) is 5.75 Å². The molecule has 0 spiro atoms. The molecule has 1 aromatic carbocycles. The molecule has 2 atom stereocenters. The first-order valence-corrected chi connectivity index (χ1v) is 7.86. The average molecular weight is 336 g/mol. The molecule has 0 aliphatic heterocycles. The molecule has 0 heterocycles. The number of aliphatic hydroxyl groups is 2. The van der Waals surface area contributed by atoms with E-state index in [1.54, 1.807) is 18.2 Å². The van der Waals surface area contributed by atoms with Crippen LogP contribution in [0.3, 0.4) is 0 Å². The molecule has 0 bridgehead atoms. The standard InChI is InChI=1S/C15H23Cl2NO3/c1-11(9-19)4-3-7-18-8-12(20)10-21-15-13(16)5-2-6-14(15)17/h2,5-6,11-12,18-20H,3-4,7-10H2,1H3. The summed E-state index contributed by atoms with van der Waals surface area (Å²) in [7, 11) is 0. The van der Waals surface area contributed by atoms with Crippen LogP contribution < -0.4 is 10.1 Å². The molecule has 6 heteroatoms. The first-order chi connectivity index (χ1) is 10.0. The van der Waals surface area contributed by atoms with E-state index in [4.69, 9.17) is 33.0 Å². The Bertz CT molecular complexity index is 398. The van der Waals surface area contributed by atoms with Gasteiger partial charge in [-0.1, -0.05) is 36.2 Å². The third-order valence-corrected chi connectivity index (χ3v) is 3.68. The zero-order chi connectivity index (χ0) is 15.7. The van der Waals surface area contributed by atoms with E-state index in [1.807, 2.05) is 6.92 Å². The van der Waals surface area contributed by atoms with E-state index in [9.17, 15) is 5.11 Å². The molecule has 0 fully saturated rings. The van der Waals surface area contributed by atoms with Gasteiger partial charge in [0, 0.05) is 13.2 Å². The highest BCUT2D eigenvalue weighted by Crippen LogP contribution is 2.32. The molecule has 0 aromatic heterocycles. The number of halogens is 2. The minimum atomic E-state index is -0.632. The van der Waals surface area contributed by atoms with Gasteiger partial charge in [-0.05, 0) is 37.4 Å². The fraction of sp³-hybridized carbons (Fsp3) is 0.600. The van der Waals surface area contributed by atoms with Gasteiger partial charge in [-0.3, -0.25) is 0 Å². The lowest BCUT2D eigenvalue weighted by Crippen LogP contribution is -2.32. The highest BCUT2D eigenvalue weighted by molar-refractivity contribution is 6.37. The minimum absolute atomic E-state index is 0.128. The SMILES string of the molecule is CC(CO)CCCNCC(O)COc1c(Cl)cccc1Cl. The number of nitrogens with one attached hydrogen (secondary N) is 1. The number of hydrogen-bond donors (Lipinski definition) is 3. The summed E-state index contributed by atoms with van der Waals surface area (Å²) in [6.45, 7) is 3.60. The molecule has 0 saturated carbocycles. The Kier molecular flexibility index (Phi) is 9.04. The van der Waals surface area contributed by atoms with Crippen LogP contribution in [-0.4, -0.2) is 42.6 Å². The van der Waals surface area contributed by atoms with Crippen molar-refractivity contribution in [3.05, 3.63) is 28.2 Å². The average Bonchev–Trinajstić information content (AvgIpc) is 2.46. The van der Waals surface area contributed by atoms with Crippen LogP contribution >= 0.6 is 23.2 Å². The molecule has 0 amide bonds. The summed E-state index contributed by atoms with van der Waals surface area (Å²) in [4.78, 5) is 0. The maximum absolute atomic E-state index is 9.83. The van der Waals surface area contributed by atoms with Crippen LogP contribution in [-0.2, 0) is 0 Å². The van der Waals surface area contributed by atoms with Gasteiger partial charge < -0.3 is 20.3 Å². The van der Waals surface area contributed by atoms with Gasteiger partial charge in [0.15, 0.2) is 5.75 Å². The molecule has 120 valence electrons. The van der Waals surface area contributed by atoms with Crippen LogP contribution in [0.25, 0.3) is 0 Å². The van der Waals surface area contributed by atoms with Gasteiger partial charge >= 0.3 is 0 Å². The number of hydrogen-bond acceptors (Lipinski definition) is 4. The topological polar surface area (TPSA) is 61.7 Å². The molecular formula is C15H23Cl2NO3. The van der Waals surface area contributed by atoms with Crippen molar-refractivity contribution in [3.63, 3.8) is 0 Å². The Morgan fingerprint density at radius 1 is 1.29 bits per heavy atom. The van der Waals surface area contributed by atoms with E-state index in [1.165, 1.54) is 0 Å². The summed E-state index contributed by atoms with van der Waals surface area (Å²) in [6, 6.07) is 5.12. The highest BCUT2D eigenvalue weighted by Gasteiger charge is 2.10. The lowest BCUT2D eigenvalue weighted by molar-refractivity contribution is 0.106. The van der Waals surface area contributed by atoms with Crippen molar-refractivity contribution in [2.24, 2.45) is 5.92 Å². The second-order valence-electron chi connectivity index (χ2n) is 5.15. The Morgan fingerprint density at radius 2 is 1.95 bits per heavy atom.